The van der Waals surface area contributed by atoms with E-state index in [1.165, 1.54) is 0 Å². The van der Waals surface area contributed by atoms with Gasteiger partial charge in [-0.2, -0.15) is 9.97 Å². The van der Waals surface area contributed by atoms with Gasteiger partial charge in [-0.05, 0) is 24.3 Å². The van der Waals surface area contributed by atoms with E-state index in [-0.39, 0.29) is 11.8 Å². The number of nitrogen functional groups attached to an aromatic ring is 1. The molecule has 1 heterocycles. The number of hydrogen-bond donors (Lipinski definition) is 1. The summed E-state index contributed by atoms with van der Waals surface area (Å²) in [4.78, 5) is 11.9. The molecular formula is C11H9Cl3N4O. The van der Waals surface area contributed by atoms with Crippen molar-refractivity contribution in [1.29, 1.82) is 0 Å². The van der Waals surface area contributed by atoms with Gasteiger partial charge < -0.3 is 10.5 Å². The van der Waals surface area contributed by atoms with E-state index >= 15 is 0 Å². The van der Waals surface area contributed by atoms with Crippen molar-refractivity contribution in [2.75, 3.05) is 12.8 Å². The van der Waals surface area contributed by atoms with Crippen molar-refractivity contribution in [3.63, 3.8) is 0 Å². The average Bonchev–Trinajstić information content (AvgIpc) is 2.37. The van der Waals surface area contributed by atoms with Gasteiger partial charge in [0.15, 0.2) is 11.6 Å². The molecule has 2 aromatic rings. The molecule has 0 aliphatic carbocycles. The zero-order valence-corrected chi connectivity index (χ0v) is 12.0. The fraction of sp³-hybridized carbons (Fsp3) is 0.182. The van der Waals surface area contributed by atoms with E-state index < -0.39 is 3.79 Å². The van der Waals surface area contributed by atoms with E-state index in [9.17, 15) is 0 Å². The average molecular weight is 320 g/mol. The lowest BCUT2D eigenvalue weighted by Crippen LogP contribution is -2.12. The minimum absolute atomic E-state index is 0.0119. The molecule has 0 bridgehead atoms. The highest BCUT2D eigenvalue weighted by molar-refractivity contribution is 6.66. The molecule has 0 aliphatic heterocycles. The summed E-state index contributed by atoms with van der Waals surface area (Å²) in [5.74, 6) is 1.02. The van der Waals surface area contributed by atoms with Crippen LogP contribution in [0.25, 0.3) is 11.4 Å². The van der Waals surface area contributed by atoms with Gasteiger partial charge in [-0.3, -0.25) is 0 Å². The molecular weight excluding hydrogens is 311 g/mol. The minimum atomic E-state index is -1.75. The van der Waals surface area contributed by atoms with Crippen LogP contribution in [0.1, 0.15) is 5.82 Å². The van der Waals surface area contributed by atoms with Crippen LogP contribution in [0, 0.1) is 0 Å². The minimum Gasteiger partial charge on any atom is -0.497 e. The number of methoxy groups -OCH3 is 1. The maximum Gasteiger partial charge on any atom is 0.250 e. The number of hydrogen-bond acceptors (Lipinski definition) is 5. The fourth-order valence-electron chi connectivity index (χ4n) is 1.39. The first-order valence-corrected chi connectivity index (χ1v) is 6.26. The van der Waals surface area contributed by atoms with Crippen LogP contribution in [0.15, 0.2) is 24.3 Å². The van der Waals surface area contributed by atoms with Gasteiger partial charge in [0.2, 0.25) is 9.74 Å². The van der Waals surface area contributed by atoms with Crippen molar-refractivity contribution in [1.82, 2.24) is 15.0 Å². The van der Waals surface area contributed by atoms with Crippen molar-refractivity contribution in [2.24, 2.45) is 0 Å². The SMILES string of the molecule is COc1ccc(-c2nc(N)nc(C(Cl)(Cl)Cl)n2)cc1. The lowest BCUT2D eigenvalue weighted by molar-refractivity contribution is 0.415. The normalized spacial score (nSPS) is 11.4. The maximum atomic E-state index is 5.74. The number of anilines is 1. The first-order chi connectivity index (χ1) is 8.90. The number of ether oxygens (including phenoxy) is 1. The molecule has 0 atom stereocenters. The molecule has 8 heteroatoms. The zero-order chi connectivity index (χ0) is 14.0. The zero-order valence-electron chi connectivity index (χ0n) is 9.77. The monoisotopic (exact) mass is 318 g/mol. The fourth-order valence-corrected chi connectivity index (χ4v) is 1.64. The Labute approximate surface area is 124 Å². The molecule has 19 heavy (non-hydrogen) atoms. The van der Waals surface area contributed by atoms with Gasteiger partial charge in [0.25, 0.3) is 0 Å². The van der Waals surface area contributed by atoms with Gasteiger partial charge in [0.05, 0.1) is 7.11 Å². The lowest BCUT2D eigenvalue weighted by Gasteiger charge is -2.11. The number of benzene rings is 1. The Morgan fingerprint density at radius 2 is 1.68 bits per heavy atom. The summed E-state index contributed by atoms with van der Waals surface area (Å²) < 4.78 is 3.31. The first kappa shape index (κ1) is 14.1. The second kappa shape index (κ2) is 5.36. The molecule has 1 aromatic heterocycles. The van der Waals surface area contributed by atoms with Crippen molar-refractivity contribution < 1.29 is 4.74 Å². The first-order valence-electron chi connectivity index (χ1n) is 5.13. The standard InChI is InChI=1S/C11H9Cl3N4O/c1-19-7-4-2-6(3-5-7)8-16-9(11(12,13)14)18-10(15)17-8/h2-5H,1H3,(H2,15,16,17,18). The molecule has 2 rings (SSSR count). The molecule has 1 aromatic carbocycles. The Hall–Kier alpha value is -1.30. The van der Waals surface area contributed by atoms with Crippen LogP contribution in [0.2, 0.25) is 0 Å². The number of aromatic nitrogens is 3. The molecule has 0 aliphatic rings. The number of rotatable bonds is 2. The Morgan fingerprint density at radius 3 is 2.21 bits per heavy atom. The second-order valence-corrected chi connectivity index (χ2v) is 5.85. The molecule has 0 saturated heterocycles. The van der Waals surface area contributed by atoms with Crippen molar-refractivity contribution >= 4 is 40.8 Å². The van der Waals surface area contributed by atoms with Crippen LogP contribution in [-0.4, -0.2) is 22.1 Å². The number of nitrogens with zero attached hydrogens (tertiary/aromatic N) is 3. The van der Waals surface area contributed by atoms with Crippen LogP contribution in [0.5, 0.6) is 5.75 Å². The number of alkyl halides is 3. The molecule has 0 spiro atoms. The quantitative estimate of drug-likeness (QED) is 0.861. The third-order valence-corrected chi connectivity index (χ3v) is 2.76. The van der Waals surface area contributed by atoms with Crippen LogP contribution in [0.4, 0.5) is 5.95 Å². The van der Waals surface area contributed by atoms with E-state index in [0.717, 1.165) is 0 Å². The largest absolute Gasteiger partial charge is 0.497 e. The Bertz CT molecular complexity index is 583. The van der Waals surface area contributed by atoms with E-state index in [0.29, 0.717) is 17.1 Å². The Morgan fingerprint density at radius 1 is 1.05 bits per heavy atom. The molecule has 0 saturated carbocycles. The topological polar surface area (TPSA) is 73.9 Å². The summed E-state index contributed by atoms with van der Waals surface area (Å²) in [7, 11) is 1.58. The smallest absolute Gasteiger partial charge is 0.250 e. The Kier molecular flexibility index (Phi) is 3.99. The van der Waals surface area contributed by atoms with Gasteiger partial charge in [-0.15, -0.1) is 0 Å². The summed E-state index contributed by atoms with van der Waals surface area (Å²) in [6, 6.07) is 7.08. The third kappa shape index (κ3) is 3.37. The number of halogens is 3. The highest BCUT2D eigenvalue weighted by Crippen LogP contribution is 2.36. The van der Waals surface area contributed by atoms with Crippen molar-refractivity contribution in [2.45, 2.75) is 3.79 Å². The van der Waals surface area contributed by atoms with E-state index in [2.05, 4.69) is 15.0 Å². The van der Waals surface area contributed by atoms with E-state index in [1.807, 2.05) is 0 Å². The Balaban J connectivity index is 2.46. The van der Waals surface area contributed by atoms with Gasteiger partial charge in [-0.25, -0.2) is 4.98 Å². The molecule has 0 fully saturated rings. The second-order valence-electron chi connectivity index (χ2n) is 3.57. The summed E-state index contributed by atoms with van der Waals surface area (Å²) in [6.07, 6.45) is 0. The summed E-state index contributed by atoms with van der Waals surface area (Å²) in [5.41, 5.74) is 6.30. The molecule has 0 amide bonds. The molecule has 0 unspecified atom stereocenters. The van der Waals surface area contributed by atoms with E-state index in [4.69, 9.17) is 45.3 Å². The van der Waals surface area contributed by atoms with Gasteiger partial charge >= 0.3 is 0 Å². The van der Waals surface area contributed by atoms with Crippen molar-refractivity contribution in [3.05, 3.63) is 30.1 Å². The van der Waals surface area contributed by atoms with Crippen LogP contribution in [-0.2, 0) is 3.79 Å². The van der Waals surface area contributed by atoms with Gasteiger partial charge in [-0.1, -0.05) is 34.8 Å². The van der Waals surface area contributed by atoms with Gasteiger partial charge in [0.1, 0.15) is 5.75 Å². The highest BCUT2D eigenvalue weighted by Gasteiger charge is 2.28. The van der Waals surface area contributed by atoms with Gasteiger partial charge in [0, 0.05) is 5.56 Å². The van der Waals surface area contributed by atoms with E-state index in [1.54, 1.807) is 31.4 Å². The summed E-state index contributed by atoms with van der Waals surface area (Å²) >= 11 is 17.2. The molecule has 100 valence electrons. The van der Waals surface area contributed by atoms with Crippen molar-refractivity contribution in [3.8, 4) is 17.1 Å². The lowest BCUT2D eigenvalue weighted by atomic mass is 10.2. The third-order valence-electron chi connectivity index (χ3n) is 2.25. The van der Waals surface area contributed by atoms with Crippen LogP contribution < -0.4 is 10.5 Å². The predicted octanol–water partition coefficient (Wildman–Crippen LogP) is 2.96. The molecule has 0 radical (unpaired) electrons. The van der Waals surface area contributed by atoms with Crippen LogP contribution in [0.3, 0.4) is 0 Å². The molecule has 2 N–H and O–H groups in total. The van der Waals surface area contributed by atoms with Crippen LogP contribution >= 0.6 is 34.8 Å². The molecule has 5 nitrogen and oxygen atoms in total. The predicted molar refractivity (Wildman–Crippen MR) is 75.5 cm³/mol. The summed E-state index contributed by atoms with van der Waals surface area (Å²) in [6.45, 7) is 0. The summed E-state index contributed by atoms with van der Waals surface area (Å²) in [5, 5.41) is 0. The highest BCUT2D eigenvalue weighted by atomic mass is 35.6. The number of nitrogens with two attached hydrogens (primary N) is 1. The maximum absolute atomic E-state index is 5.74.